The zero-order valence-electron chi connectivity index (χ0n) is 11.8. The fourth-order valence-electron chi connectivity index (χ4n) is 2.76. The predicted molar refractivity (Wildman–Crippen MR) is 80.6 cm³/mol. The SMILES string of the molecule is Cc1cnc(C(C)NC2CC(c3ccc(F)cc3)C2)s1. The summed E-state index contributed by atoms with van der Waals surface area (Å²) in [5.41, 5.74) is 1.25. The van der Waals surface area contributed by atoms with Gasteiger partial charge in [-0.2, -0.15) is 0 Å². The average molecular weight is 290 g/mol. The molecule has 1 aliphatic carbocycles. The summed E-state index contributed by atoms with van der Waals surface area (Å²) in [5, 5.41) is 4.79. The van der Waals surface area contributed by atoms with E-state index in [0.717, 1.165) is 17.8 Å². The van der Waals surface area contributed by atoms with Crippen LogP contribution in [0.5, 0.6) is 0 Å². The molecule has 3 rings (SSSR count). The fraction of sp³-hybridized carbons (Fsp3) is 0.438. The third-order valence-electron chi connectivity index (χ3n) is 3.97. The second kappa shape index (κ2) is 5.62. The third kappa shape index (κ3) is 2.91. The van der Waals surface area contributed by atoms with Crippen LogP contribution in [0.3, 0.4) is 0 Å². The molecule has 1 saturated carbocycles. The highest BCUT2D eigenvalue weighted by atomic mass is 32.1. The van der Waals surface area contributed by atoms with E-state index in [0.29, 0.717) is 18.0 Å². The van der Waals surface area contributed by atoms with E-state index in [1.54, 1.807) is 23.5 Å². The highest BCUT2D eigenvalue weighted by Crippen LogP contribution is 2.38. The van der Waals surface area contributed by atoms with E-state index >= 15 is 0 Å². The Morgan fingerprint density at radius 2 is 2.00 bits per heavy atom. The molecule has 1 atom stereocenters. The van der Waals surface area contributed by atoms with Crippen LogP contribution in [0.2, 0.25) is 0 Å². The first-order valence-corrected chi connectivity index (χ1v) is 7.87. The van der Waals surface area contributed by atoms with Crippen LogP contribution in [0.15, 0.2) is 30.5 Å². The minimum absolute atomic E-state index is 0.157. The number of hydrogen-bond donors (Lipinski definition) is 1. The van der Waals surface area contributed by atoms with Crippen molar-refractivity contribution in [3.05, 3.63) is 51.7 Å². The summed E-state index contributed by atoms with van der Waals surface area (Å²) in [5.74, 6) is 0.411. The number of hydrogen-bond acceptors (Lipinski definition) is 3. The van der Waals surface area contributed by atoms with Gasteiger partial charge in [0.25, 0.3) is 0 Å². The van der Waals surface area contributed by atoms with E-state index in [4.69, 9.17) is 0 Å². The molecule has 0 bridgehead atoms. The summed E-state index contributed by atoms with van der Waals surface area (Å²) in [4.78, 5) is 5.68. The fourth-order valence-corrected chi connectivity index (χ4v) is 3.54. The highest BCUT2D eigenvalue weighted by molar-refractivity contribution is 7.11. The van der Waals surface area contributed by atoms with E-state index in [-0.39, 0.29) is 5.82 Å². The summed E-state index contributed by atoms with van der Waals surface area (Å²) in [6.07, 6.45) is 4.18. The van der Waals surface area contributed by atoms with Crippen molar-refractivity contribution in [2.75, 3.05) is 0 Å². The van der Waals surface area contributed by atoms with Gasteiger partial charge in [-0.3, -0.25) is 0 Å². The number of nitrogens with one attached hydrogen (secondary N) is 1. The second-order valence-electron chi connectivity index (χ2n) is 5.61. The van der Waals surface area contributed by atoms with Crippen LogP contribution in [0.25, 0.3) is 0 Å². The van der Waals surface area contributed by atoms with Gasteiger partial charge in [0.15, 0.2) is 0 Å². The monoisotopic (exact) mass is 290 g/mol. The number of aryl methyl sites for hydroxylation is 1. The molecule has 1 fully saturated rings. The Bertz CT molecular complexity index is 572. The molecular weight excluding hydrogens is 271 g/mol. The Morgan fingerprint density at radius 3 is 2.60 bits per heavy atom. The molecule has 106 valence electrons. The van der Waals surface area contributed by atoms with E-state index < -0.39 is 0 Å². The van der Waals surface area contributed by atoms with Crippen LogP contribution >= 0.6 is 11.3 Å². The van der Waals surface area contributed by atoms with Gasteiger partial charge in [-0.1, -0.05) is 12.1 Å². The Hall–Kier alpha value is -1.26. The lowest BCUT2D eigenvalue weighted by Crippen LogP contribution is -2.41. The Kier molecular flexibility index (Phi) is 3.85. The lowest BCUT2D eigenvalue weighted by atomic mass is 9.75. The molecular formula is C16H19FN2S. The largest absolute Gasteiger partial charge is 0.305 e. The number of thiazole rings is 1. The van der Waals surface area contributed by atoms with E-state index in [2.05, 4.69) is 24.1 Å². The summed E-state index contributed by atoms with van der Waals surface area (Å²) in [6, 6.07) is 7.78. The summed E-state index contributed by atoms with van der Waals surface area (Å²) >= 11 is 1.76. The van der Waals surface area contributed by atoms with Crippen molar-refractivity contribution in [2.45, 2.75) is 44.7 Å². The molecule has 4 heteroatoms. The van der Waals surface area contributed by atoms with Gasteiger partial charge in [-0.15, -0.1) is 11.3 Å². The number of nitrogens with zero attached hydrogens (tertiary/aromatic N) is 1. The van der Waals surface area contributed by atoms with Crippen LogP contribution in [0, 0.1) is 12.7 Å². The van der Waals surface area contributed by atoms with E-state index in [9.17, 15) is 4.39 Å². The molecule has 2 aromatic rings. The van der Waals surface area contributed by atoms with Crippen LogP contribution < -0.4 is 5.32 Å². The van der Waals surface area contributed by atoms with Gasteiger partial charge in [0, 0.05) is 17.1 Å². The Labute approximate surface area is 123 Å². The maximum absolute atomic E-state index is 12.9. The van der Waals surface area contributed by atoms with Crippen LogP contribution in [-0.2, 0) is 0 Å². The lowest BCUT2D eigenvalue weighted by Gasteiger charge is -2.37. The first-order chi connectivity index (χ1) is 9.61. The van der Waals surface area contributed by atoms with Crippen molar-refractivity contribution in [1.29, 1.82) is 0 Å². The maximum Gasteiger partial charge on any atom is 0.123 e. The average Bonchev–Trinajstić information content (AvgIpc) is 2.81. The molecule has 0 saturated heterocycles. The standard InChI is InChI=1S/C16H19FN2S/c1-10-9-18-16(20-10)11(2)19-15-7-13(8-15)12-3-5-14(17)6-4-12/h3-6,9,11,13,15,19H,7-8H2,1-2H3. The molecule has 0 amide bonds. The molecule has 1 heterocycles. The summed E-state index contributed by atoms with van der Waals surface area (Å²) in [6.45, 7) is 4.26. The predicted octanol–water partition coefficient (Wildman–Crippen LogP) is 4.19. The van der Waals surface area contributed by atoms with Crippen LogP contribution in [0.1, 0.15) is 47.2 Å². The Morgan fingerprint density at radius 1 is 1.30 bits per heavy atom. The normalized spacial score (nSPS) is 23.4. The van der Waals surface area contributed by atoms with Gasteiger partial charge in [0.1, 0.15) is 10.8 Å². The number of aromatic nitrogens is 1. The van der Waals surface area contributed by atoms with Crippen molar-refractivity contribution < 1.29 is 4.39 Å². The van der Waals surface area contributed by atoms with Gasteiger partial charge in [0.2, 0.25) is 0 Å². The zero-order valence-corrected chi connectivity index (χ0v) is 12.6. The molecule has 2 nitrogen and oxygen atoms in total. The molecule has 1 N–H and O–H groups in total. The number of halogens is 1. The topological polar surface area (TPSA) is 24.9 Å². The molecule has 1 aromatic carbocycles. The molecule has 20 heavy (non-hydrogen) atoms. The minimum Gasteiger partial charge on any atom is -0.305 e. The van der Waals surface area contributed by atoms with Gasteiger partial charge in [-0.05, 0) is 50.3 Å². The molecule has 0 radical (unpaired) electrons. The van der Waals surface area contributed by atoms with Gasteiger partial charge >= 0.3 is 0 Å². The van der Waals surface area contributed by atoms with Crippen LogP contribution in [0.4, 0.5) is 4.39 Å². The van der Waals surface area contributed by atoms with Crippen molar-refractivity contribution in [2.24, 2.45) is 0 Å². The number of benzene rings is 1. The zero-order chi connectivity index (χ0) is 14.1. The molecule has 1 aliphatic rings. The molecule has 0 aliphatic heterocycles. The van der Waals surface area contributed by atoms with Crippen molar-refractivity contribution in [1.82, 2.24) is 10.3 Å². The summed E-state index contributed by atoms with van der Waals surface area (Å²) in [7, 11) is 0. The number of rotatable bonds is 4. The van der Waals surface area contributed by atoms with Gasteiger partial charge < -0.3 is 5.32 Å². The van der Waals surface area contributed by atoms with Crippen molar-refractivity contribution in [3.8, 4) is 0 Å². The van der Waals surface area contributed by atoms with E-state index in [1.807, 2.05) is 18.3 Å². The Balaban J connectivity index is 1.52. The molecule has 1 unspecified atom stereocenters. The van der Waals surface area contributed by atoms with E-state index in [1.165, 1.54) is 10.4 Å². The quantitative estimate of drug-likeness (QED) is 0.913. The first-order valence-electron chi connectivity index (χ1n) is 7.05. The van der Waals surface area contributed by atoms with Crippen molar-refractivity contribution >= 4 is 11.3 Å². The first kappa shape index (κ1) is 13.7. The maximum atomic E-state index is 12.9. The molecule has 1 aromatic heterocycles. The van der Waals surface area contributed by atoms with Crippen molar-refractivity contribution in [3.63, 3.8) is 0 Å². The van der Waals surface area contributed by atoms with Gasteiger partial charge in [0.05, 0.1) is 6.04 Å². The highest BCUT2D eigenvalue weighted by Gasteiger charge is 2.31. The lowest BCUT2D eigenvalue weighted by molar-refractivity contribution is 0.270. The van der Waals surface area contributed by atoms with Gasteiger partial charge in [-0.25, -0.2) is 9.37 Å². The minimum atomic E-state index is -0.157. The second-order valence-corrected chi connectivity index (χ2v) is 6.88. The third-order valence-corrected chi connectivity index (χ3v) is 5.07. The van der Waals surface area contributed by atoms with Crippen LogP contribution in [-0.4, -0.2) is 11.0 Å². The summed E-state index contributed by atoms with van der Waals surface area (Å²) < 4.78 is 12.9. The smallest absolute Gasteiger partial charge is 0.123 e. The molecule has 0 spiro atoms.